The molecule has 9 heteroatoms. The van der Waals surface area contributed by atoms with Gasteiger partial charge in [0.25, 0.3) is 0 Å². The molecule has 8 nitrogen and oxygen atoms in total. The molecule has 3 aliphatic rings. The molecule has 0 aromatic heterocycles. The van der Waals surface area contributed by atoms with E-state index in [4.69, 9.17) is 9.47 Å². The molecule has 0 atom stereocenters. The summed E-state index contributed by atoms with van der Waals surface area (Å²) in [6.07, 6.45) is 2.61. The van der Waals surface area contributed by atoms with Gasteiger partial charge in [-0.2, -0.15) is 9.57 Å². The van der Waals surface area contributed by atoms with Crippen molar-refractivity contribution in [1.82, 2.24) is 9.21 Å². The zero-order chi connectivity index (χ0) is 21.1. The Hall–Kier alpha value is -1.99. The number of carbonyl (C=O) groups is 1. The van der Waals surface area contributed by atoms with Crippen LogP contribution < -0.4 is 0 Å². The molecule has 0 radical (unpaired) electrons. The van der Waals surface area contributed by atoms with Crippen LogP contribution in [0.2, 0.25) is 0 Å². The van der Waals surface area contributed by atoms with Gasteiger partial charge in [-0.25, -0.2) is 8.42 Å². The lowest BCUT2D eigenvalue weighted by molar-refractivity contribution is -0.142. The van der Waals surface area contributed by atoms with E-state index in [1.807, 2.05) is 11.0 Å². The van der Waals surface area contributed by atoms with Crippen LogP contribution >= 0.6 is 0 Å². The highest BCUT2D eigenvalue weighted by molar-refractivity contribution is 7.89. The summed E-state index contributed by atoms with van der Waals surface area (Å²) in [5.74, 6) is 0.304. The molecule has 4 rings (SSSR count). The van der Waals surface area contributed by atoms with E-state index in [9.17, 15) is 18.5 Å². The SMILES string of the molecule is N#Cc1ccccc1S(=O)(=O)N1CCC(C(=O)N2CCC(C3OCCO3)CC2)CC1. The summed E-state index contributed by atoms with van der Waals surface area (Å²) >= 11 is 0. The van der Waals surface area contributed by atoms with Crippen molar-refractivity contribution in [2.45, 2.75) is 36.9 Å². The molecule has 0 unspecified atom stereocenters. The molecule has 3 aliphatic heterocycles. The van der Waals surface area contributed by atoms with Crippen LogP contribution in [0.5, 0.6) is 0 Å². The number of sulfonamides is 1. The van der Waals surface area contributed by atoms with Gasteiger partial charge in [-0.15, -0.1) is 0 Å². The minimum absolute atomic E-state index is 0.0377. The van der Waals surface area contributed by atoms with Gasteiger partial charge in [0.2, 0.25) is 15.9 Å². The molecule has 0 bridgehead atoms. The number of likely N-dealkylation sites (tertiary alicyclic amines) is 1. The van der Waals surface area contributed by atoms with Crippen molar-refractivity contribution >= 4 is 15.9 Å². The monoisotopic (exact) mass is 433 g/mol. The predicted octanol–water partition coefficient (Wildman–Crippen LogP) is 1.57. The van der Waals surface area contributed by atoms with Crippen molar-refractivity contribution in [3.8, 4) is 6.07 Å². The van der Waals surface area contributed by atoms with Gasteiger partial charge in [0.05, 0.1) is 23.7 Å². The second-order valence-corrected chi connectivity index (χ2v) is 9.97. The van der Waals surface area contributed by atoms with Gasteiger partial charge in [-0.1, -0.05) is 12.1 Å². The molecule has 1 amide bonds. The van der Waals surface area contributed by atoms with E-state index >= 15 is 0 Å². The zero-order valence-corrected chi connectivity index (χ0v) is 17.7. The van der Waals surface area contributed by atoms with E-state index in [0.29, 0.717) is 58.2 Å². The third-order valence-electron chi connectivity index (χ3n) is 6.31. The van der Waals surface area contributed by atoms with Gasteiger partial charge in [0.15, 0.2) is 6.29 Å². The molecule has 3 saturated heterocycles. The van der Waals surface area contributed by atoms with E-state index in [1.165, 1.54) is 16.4 Å². The molecular formula is C21H27N3O5S. The van der Waals surface area contributed by atoms with Crippen LogP contribution in [-0.4, -0.2) is 69.2 Å². The molecule has 3 fully saturated rings. The second-order valence-electron chi connectivity index (χ2n) is 8.06. The van der Waals surface area contributed by atoms with Crippen molar-refractivity contribution < 1.29 is 22.7 Å². The number of benzene rings is 1. The van der Waals surface area contributed by atoms with Crippen molar-refractivity contribution in [3.05, 3.63) is 29.8 Å². The fourth-order valence-electron chi connectivity index (χ4n) is 4.57. The minimum Gasteiger partial charge on any atom is -0.350 e. The van der Waals surface area contributed by atoms with Crippen LogP contribution in [0.3, 0.4) is 0 Å². The summed E-state index contributed by atoms with van der Waals surface area (Å²) in [5, 5.41) is 9.23. The lowest BCUT2D eigenvalue weighted by Gasteiger charge is -2.37. The average Bonchev–Trinajstić information content (AvgIpc) is 3.34. The summed E-state index contributed by atoms with van der Waals surface area (Å²) in [4.78, 5) is 14.9. The number of amides is 1. The van der Waals surface area contributed by atoms with Crippen LogP contribution in [0.4, 0.5) is 0 Å². The topological polar surface area (TPSA) is 99.9 Å². The van der Waals surface area contributed by atoms with Crippen molar-refractivity contribution in [2.24, 2.45) is 11.8 Å². The maximum absolute atomic E-state index is 13.0. The number of hydrogen-bond acceptors (Lipinski definition) is 6. The lowest BCUT2D eigenvalue weighted by atomic mass is 9.92. The van der Waals surface area contributed by atoms with Gasteiger partial charge in [0, 0.05) is 38.0 Å². The Morgan fingerprint density at radius 1 is 1.00 bits per heavy atom. The number of piperidine rings is 2. The van der Waals surface area contributed by atoms with E-state index in [1.54, 1.807) is 12.1 Å². The Bertz CT molecular complexity index is 907. The summed E-state index contributed by atoms with van der Waals surface area (Å²) in [5.41, 5.74) is 0.147. The molecule has 0 saturated carbocycles. The molecule has 0 spiro atoms. The smallest absolute Gasteiger partial charge is 0.244 e. The highest BCUT2D eigenvalue weighted by Crippen LogP contribution is 2.30. The van der Waals surface area contributed by atoms with E-state index in [-0.39, 0.29) is 28.6 Å². The maximum atomic E-state index is 13.0. The fourth-order valence-corrected chi connectivity index (χ4v) is 6.18. The van der Waals surface area contributed by atoms with Gasteiger partial charge in [0.1, 0.15) is 6.07 Å². The molecule has 1 aromatic rings. The first-order chi connectivity index (χ1) is 14.5. The standard InChI is InChI=1S/C21H27N3O5S/c22-15-18-3-1-2-4-19(18)30(26,27)24-11-7-16(8-12-24)20(25)23-9-5-17(6-10-23)21-28-13-14-29-21/h1-4,16-17,21H,5-14H2. The average molecular weight is 434 g/mol. The van der Waals surface area contributed by atoms with E-state index in [0.717, 1.165) is 12.8 Å². The van der Waals surface area contributed by atoms with Crippen LogP contribution in [0.15, 0.2) is 29.2 Å². The molecule has 0 N–H and O–H groups in total. The highest BCUT2D eigenvalue weighted by Gasteiger charge is 2.37. The van der Waals surface area contributed by atoms with Gasteiger partial charge in [-0.05, 0) is 37.8 Å². The Morgan fingerprint density at radius 3 is 2.27 bits per heavy atom. The van der Waals surface area contributed by atoms with Crippen LogP contribution in [0.1, 0.15) is 31.2 Å². The van der Waals surface area contributed by atoms with Crippen molar-refractivity contribution in [3.63, 3.8) is 0 Å². The van der Waals surface area contributed by atoms with Crippen molar-refractivity contribution in [1.29, 1.82) is 5.26 Å². The number of nitrogens with zero attached hydrogens (tertiary/aromatic N) is 3. The summed E-state index contributed by atoms with van der Waals surface area (Å²) in [6, 6.07) is 8.19. The first-order valence-electron chi connectivity index (χ1n) is 10.5. The first-order valence-corrected chi connectivity index (χ1v) is 12.0. The van der Waals surface area contributed by atoms with Crippen LogP contribution in [0, 0.1) is 23.2 Å². The first kappa shape index (κ1) is 21.2. The quantitative estimate of drug-likeness (QED) is 0.715. The Morgan fingerprint density at radius 2 is 1.63 bits per heavy atom. The summed E-state index contributed by atoms with van der Waals surface area (Å²) in [7, 11) is -3.74. The number of carbonyl (C=O) groups excluding carboxylic acids is 1. The Labute approximate surface area is 177 Å². The summed E-state index contributed by atoms with van der Waals surface area (Å²) in [6.45, 7) is 3.26. The Kier molecular flexibility index (Phi) is 6.39. The molecule has 0 aliphatic carbocycles. The van der Waals surface area contributed by atoms with E-state index in [2.05, 4.69) is 0 Å². The van der Waals surface area contributed by atoms with Crippen LogP contribution in [-0.2, 0) is 24.3 Å². The molecule has 1 aromatic carbocycles. The third kappa shape index (κ3) is 4.23. The minimum atomic E-state index is -3.74. The Balaban J connectivity index is 1.32. The molecule has 162 valence electrons. The van der Waals surface area contributed by atoms with Crippen LogP contribution in [0.25, 0.3) is 0 Å². The number of nitriles is 1. The number of rotatable bonds is 4. The largest absolute Gasteiger partial charge is 0.350 e. The molecule has 3 heterocycles. The molecular weight excluding hydrogens is 406 g/mol. The van der Waals surface area contributed by atoms with Gasteiger partial charge >= 0.3 is 0 Å². The zero-order valence-electron chi connectivity index (χ0n) is 16.9. The van der Waals surface area contributed by atoms with E-state index < -0.39 is 10.0 Å². The lowest BCUT2D eigenvalue weighted by Crippen LogP contribution is -2.47. The normalized spacial score (nSPS) is 22.8. The number of ether oxygens (including phenoxy) is 2. The predicted molar refractivity (Wildman–Crippen MR) is 108 cm³/mol. The number of hydrogen-bond donors (Lipinski definition) is 0. The highest BCUT2D eigenvalue weighted by atomic mass is 32.2. The summed E-state index contributed by atoms with van der Waals surface area (Å²) < 4.78 is 38.5. The second kappa shape index (κ2) is 9.02. The third-order valence-corrected chi connectivity index (χ3v) is 8.27. The van der Waals surface area contributed by atoms with Gasteiger partial charge < -0.3 is 14.4 Å². The fraction of sp³-hybridized carbons (Fsp3) is 0.619. The molecule has 30 heavy (non-hydrogen) atoms. The maximum Gasteiger partial charge on any atom is 0.244 e. The van der Waals surface area contributed by atoms with Gasteiger partial charge in [-0.3, -0.25) is 4.79 Å². The van der Waals surface area contributed by atoms with Crippen molar-refractivity contribution in [2.75, 3.05) is 39.4 Å².